The van der Waals surface area contributed by atoms with Gasteiger partial charge in [-0.05, 0) is 18.9 Å². The van der Waals surface area contributed by atoms with Crippen molar-refractivity contribution in [1.29, 1.82) is 0 Å². The molecule has 1 amide bonds. The number of benzene rings is 1. The van der Waals surface area contributed by atoms with Crippen molar-refractivity contribution in [1.82, 2.24) is 9.62 Å². The molecule has 1 fully saturated rings. The maximum Gasteiger partial charge on any atom is 0.220 e. The van der Waals surface area contributed by atoms with Crippen LogP contribution in [0.1, 0.15) is 17.5 Å². The summed E-state index contributed by atoms with van der Waals surface area (Å²) in [6.07, 6.45) is 1.05. The minimum absolute atomic E-state index is 0.0110. The second kappa shape index (κ2) is 8.09. The Labute approximate surface area is 144 Å². The SMILES string of the molecule is Cc1ccc(CCC(=O)N[C@H]2COC[C@H]2CS(=O)(=O)N(C)C)cc1. The maximum atomic E-state index is 12.2. The molecule has 0 unspecified atom stereocenters. The van der Waals surface area contributed by atoms with Crippen molar-refractivity contribution in [3.05, 3.63) is 35.4 Å². The molecule has 2 atom stereocenters. The first-order valence-electron chi connectivity index (χ1n) is 8.11. The molecule has 0 spiro atoms. The highest BCUT2D eigenvalue weighted by Gasteiger charge is 2.33. The van der Waals surface area contributed by atoms with Crippen LogP contribution in [0.4, 0.5) is 0 Å². The van der Waals surface area contributed by atoms with Crippen molar-refractivity contribution in [2.24, 2.45) is 5.92 Å². The van der Waals surface area contributed by atoms with E-state index >= 15 is 0 Å². The zero-order chi connectivity index (χ0) is 17.7. The summed E-state index contributed by atoms with van der Waals surface area (Å²) < 4.78 is 30.6. The van der Waals surface area contributed by atoms with Crippen LogP contribution in [-0.4, -0.2) is 57.7 Å². The Kier molecular flexibility index (Phi) is 6.37. The van der Waals surface area contributed by atoms with Crippen molar-refractivity contribution >= 4 is 15.9 Å². The molecule has 7 heteroatoms. The molecule has 1 aromatic rings. The van der Waals surface area contributed by atoms with Crippen LogP contribution >= 0.6 is 0 Å². The predicted molar refractivity (Wildman–Crippen MR) is 93.2 cm³/mol. The molecule has 1 saturated heterocycles. The van der Waals surface area contributed by atoms with E-state index in [2.05, 4.69) is 5.32 Å². The highest BCUT2D eigenvalue weighted by atomic mass is 32.2. The molecule has 0 radical (unpaired) electrons. The Bertz CT molecular complexity index is 656. The summed E-state index contributed by atoms with van der Waals surface area (Å²) in [7, 11) is -0.279. The smallest absolute Gasteiger partial charge is 0.220 e. The molecule has 1 aromatic carbocycles. The quantitative estimate of drug-likeness (QED) is 0.791. The van der Waals surface area contributed by atoms with Gasteiger partial charge in [0.2, 0.25) is 15.9 Å². The standard InChI is InChI=1S/C17H26N2O4S/c1-13-4-6-14(7-5-13)8-9-17(20)18-16-11-23-10-15(16)12-24(21,22)19(2)3/h4-7,15-16H,8-12H2,1-3H3,(H,18,20)/t15-,16-/m0/s1. The van der Waals surface area contributed by atoms with E-state index in [4.69, 9.17) is 4.74 Å². The first kappa shape index (κ1) is 18.9. The number of nitrogens with zero attached hydrogens (tertiary/aromatic N) is 1. The van der Waals surface area contributed by atoms with Crippen LogP contribution < -0.4 is 5.32 Å². The van der Waals surface area contributed by atoms with Gasteiger partial charge in [0.25, 0.3) is 0 Å². The predicted octanol–water partition coefficient (Wildman–Crippen LogP) is 0.950. The summed E-state index contributed by atoms with van der Waals surface area (Å²) in [5, 5.41) is 2.93. The number of sulfonamides is 1. The van der Waals surface area contributed by atoms with E-state index in [0.717, 1.165) is 5.56 Å². The minimum atomic E-state index is -3.31. The second-order valence-electron chi connectivity index (χ2n) is 6.52. The van der Waals surface area contributed by atoms with E-state index in [0.29, 0.717) is 26.1 Å². The normalized spacial score (nSPS) is 21.2. The monoisotopic (exact) mass is 354 g/mol. The molecule has 1 N–H and O–H groups in total. The van der Waals surface area contributed by atoms with Gasteiger partial charge in [-0.15, -0.1) is 0 Å². The molecule has 2 rings (SSSR count). The summed E-state index contributed by atoms with van der Waals surface area (Å²) in [6, 6.07) is 7.85. The van der Waals surface area contributed by atoms with Gasteiger partial charge < -0.3 is 10.1 Å². The third-order valence-corrected chi connectivity index (χ3v) is 6.25. The maximum absolute atomic E-state index is 12.2. The van der Waals surface area contributed by atoms with Gasteiger partial charge in [0.15, 0.2) is 0 Å². The average Bonchev–Trinajstić information content (AvgIpc) is 2.93. The zero-order valence-corrected chi connectivity index (χ0v) is 15.3. The van der Waals surface area contributed by atoms with Crippen molar-refractivity contribution in [3.63, 3.8) is 0 Å². The Morgan fingerprint density at radius 2 is 1.92 bits per heavy atom. The summed E-state index contributed by atoms with van der Waals surface area (Å²) in [5.41, 5.74) is 2.31. The summed E-state index contributed by atoms with van der Waals surface area (Å²) in [6.45, 7) is 2.75. The van der Waals surface area contributed by atoms with E-state index in [-0.39, 0.29) is 23.6 Å². The molecule has 0 aromatic heterocycles. The third kappa shape index (κ3) is 5.29. The van der Waals surface area contributed by atoms with E-state index in [9.17, 15) is 13.2 Å². The Morgan fingerprint density at radius 1 is 1.25 bits per heavy atom. The summed E-state index contributed by atoms with van der Waals surface area (Å²) in [5.74, 6) is -0.290. The van der Waals surface area contributed by atoms with E-state index in [1.165, 1.54) is 24.0 Å². The fourth-order valence-corrected chi connectivity index (χ4v) is 3.80. The van der Waals surface area contributed by atoms with Gasteiger partial charge in [0.1, 0.15) is 0 Å². The number of hydrogen-bond donors (Lipinski definition) is 1. The highest BCUT2D eigenvalue weighted by molar-refractivity contribution is 7.89. The van der Waals surface area contributed by atoms with Gasteiger partial charge in [-0.1, -0.05) is 29.8 Å². The number of nitrogens with one attached hydrogen (secondary N) is 1. The molecule has 24 heavy (non-hydrogen) atoms. The summed E-state index contributed by atoms with van der Waals surface area (Å²) >= 11 is 0. The van der Waals surface area contributed by atoms with Crippen molar-refractivity contribution in [2.45, 2.75) is 25.8 Å². The number of carbonyl (C=O) groups is 1. The molecule has 134 valence electrons. The number of rotatable bonds is 7. The van der Waals surface area contributed by atoms with Crippen molar-refractivity contribution in [3.8, 4) is 0 Å². The molecule has 1 heterocycles. The fraction of sp³-hybridized carbons (Fsp3) is 0.588. The Balaban J connectivity index is 1.85. The van der Waals surface area contributed by atoms with E-state index in [1.54, 1.807) is 0 Å². The topological polar surface area (TPSA) is 75.7 Å². The van der Waals surface area contributed by atoms with Crippen LogP contribution in [0.2, 0.25) is 0 Å². The number of carbonyl (C=O) groups excluding carboxylic acids is 1. The summed E-state index contributed by atoms with van der Waals surface area (Å²) in [4.78, 5) is 12.2. The number of hydrogen-bond acceptors (Lipinski definition) is 4. The lowest BCUT2D eigenvalue weighted by Crippen LogP contribution is -2.43. The van der Waals surface area contributed by atoms with E-state index < -0.39 is 10.0 Å². The number of amides is 1. The van der Waals surface area contributed by atoms with Crippen molar-refractivity contribution < 1.29 is 17.9 Å². The van der Waals surface area contributed by atoms with Gasteiger partial charge in [-0.2, -0.15) is 0 Å². The number of aryl methyl sites for hydroxylation is 2. The fourth-order valence-electron chi connectivity index (χ4n) is 2.63. The molecule has 0 saturated carbocycles. The lowest BCUT2D eigenvalue weighted by molar-refractivity contribution is -0.121. The molecule has 0 bridgehead atoms. The molecule has 6 nitrogen and oxygen atoms in total. The van der Waals surface area contributed by atoms with Gasteiger partial charge in [0, 0.05) is 26.4 Å². The van der Waals surface area contributed by atoms with Crippen molar-refractivity contribution in [2.75, 3.05) is 33.1 Å². The molecule has 0 aliphatic carbocycles. The molecular weight excluding hydrogens is 328 g/mol. The van der Waals surface area contributed by atoms with Crippen LogP contribution in [-0.2, 0) is 26.0 Å². The Morgan fingerprint density at radius 3 is 2.54 bits per heavy atom. The van der Waals surface area contributed by atoms with E-state index in [1.807, 2.05) is 31.2 Å². The third-order valence-electron chi connectivity index (χ3n) is 4.29. The first-order valence-corrected chi connectivity index (χ1v) is 9.71. The lowest BCUT2D eigenvalue weighted by atomic mass is 10.0. The zero-order valence-electron chi connectivity index (χ0n) is 14.5. The highest BCUT2D eigenvalue weighted by Crippen LogP contribution is 2.17. The lowest BCUT2D eigenvalue weighted by Gasteiger charge is -2.21. The van der Waals surface area contributed by atoms with Crippen LogP contribution in [0.3, 0.4) is 0 Å². The van der Waals surface area contributed by atoms with Crippen LogP contribution in [0, 0.1) is 12.8 Å². The van der Waals surface area contributed by atoms with Crippen LogP contribution in [0.5, 0.6) is 0 Å². The van der Waals surface area contributed by atoms with Crippen LogP contribution in [0.25, 0.3) is 0 Å². The Hall–Kier alpha value is -1.44. The number of ether oxygens (including phenoxy) is 1. The molecular formula is C17H26N2O4S. The molecule has 1 aliphatic heterocycles. The largest absolute Gasteiger partial charge is 0.379 e. The van der Waals surface area contributed by atoms with Gasteiger partial charge >= 0.3 is 0 Å². The first-order chi connectivity index (χ1) is 11.3. The van der Waals surface area contributed by atoms with Gasteiger partial charge in [-0.25, -0.2) is 12.7 Å². The molecule has 1 aliphatic rings. The second-order valence-corrected chi connectivity index (χ2v) is 8.75. The van der Waals surface area contributed by atoms with Crippen LogP contribution in [0.15, 0.2) is 24.3 Å². The van der Waals surface area contributed by atoms with Gasteiger partial charge in [-0.3, -0.25) is 4.79 Å². The van der Waals surface area contributed by atoms with Gasteiger partial charge in [0.05, 0.1) is 25.0 Å². The average molecular weight is 354 g/mol. The minimum Gasteiger partial charge on any atom is -0.379 e.